The molecule has 1 aromatic carbocycles. The molecule has 1 atom stereocenters. The van der Waals surface area contributed by atoms with Crippen molar-refractivity contribution in [3.8, 4) is 5.75 Å². The Bertz CT molecular complexity index is 334. The molecule has 1 aliphatic rings. The average Bonchev–Trinajstić information content (AvgIpc) is 2.30. The third kappa shape index (κ3) is 2.52. The molecule has 1 aromatic rings. The van der Waals surface area contributed by atoms with Gasteiger partial charge in [0.15, 0.2) is 0 Å². The molecule has 0 spiro atoms. The number of piperidine rings is 1. The summed E-state index contributed by atoms with van der Waals surface area (Å²) in [7, 11) is 1.69. The lowest BCUT2D eigenvalue weighted by Gasteiger charge is -2.24. The van der Waals surface area contributed by atoms with Crippen molar-refractivity contribution in [3.05, 3.63) is 28.2 Å². The van der Waals surface area contributed by atoms with Crippen LogP contribution in [0.15, 0.2) is 22.7 Å². The molecule has 2 nitrogen and oxygen atoms in total. The quantitative estimate of drug-likeness (QED) is 0.890. The minimum Gasteiger partial charge on any atom is -0.497 e. The van der Waals surface area contributed by atoms with Crippen LogP contribution in [0.1, 0.15) is 30.9 Å². The summed E-state index contributed by atoms with van der Waals surface area (Å²) in [6, 6.07) is 6.70. The second-order valence-corrected chi connectivity index (χ2v) is 4.74. The highest BCUT2D eigenvalue weighted by Crippen LogP contribution is 2.31. The maximum Gasteiger partial charge on any atom is 0.120 e. The first-order valence-corrected chi connectivity index (χ1v) is 6.17. The first-order valence-electron chi connectivity index (χ1n) is 5.38. The van der Waals surface area contributed by atoms with Crippen LogP contribution in [0.2, 0.25) is 0 Å². The highest BCUT2D eigenvalue weighted by atomic mass is 79.9. The van der Waals surface area contributed by atoms with E-state index < -0.39 is 0 Å². The highest BCUT2D eigenvalue weighted by molar-refractivity contribution is 9.10. The lowest BCUT2D eigenvalue weighted by atomic mass is 9.97. The monoisotopic (exact) mass is 269 g/mol. The fraction of sp³-hybridized carbons (Fsp3) is 0.500. The van der Waals surface area contributed by atoms with E-state index in [4.69, 9.17) is 4.74 Å². The third-order valence-electron chi connectivity index (χ3n) is 2.89. The summed E-state index contributed by atoms with van der Waals surface area (Å²) in [4.78, 5) is 0. The molecule has 0 saturated carbocycles. The van der Waals surface area contributed by atoms with Gasteiger partial charge in [-0.05, 0) is 37.1 Å². The molecule has 1 N–H and O–H groups in total. The van der Waals surface area contributed by atoms with Crippen LogP contribution >= 0.6 is 15.9 Å². The van der Waals surface area contributed by atoms with Crippen LogP contribution in [0.25, 0.3) is 0 Å². The SMILES string of the molecule is COc1ccc(C2CCCCN2)c(Br)c1. The number of rotatable bonds is 2. The molecule has 0 aromatic heterocycles. The molecule has 82 valence electrons. The van der Waals surface area contributed by atoms with Gasteiger partial charge in [0.1, 0.15) is 5.75 Å². The molecule has 0 amide bonds. The smallest absolute Gasteiger partial charge is 0.120 e. The van der Waals surface area contributed by atoms with E-state index in [0.29, 0.717) is 6.04 Å². The first kappa shape index (κ1) is 11.0. The Morgan fingerprint density at radius 3 is 2.87 bits per heavy atom. The van der Waals surface area contributed by atoms with Gasteiger partial charge in [0, 0.05) is 10.5 Å². The number of halogens is 1. The van der Waals surface area contributed by atoms with Crippen LogP contribution in [-0.4, -0.2) is 13.7 Å². The van der Waals surface area contributed by atoms with Gasteiger partial charge in [0.25, 0.3) is 0 Å². The van der Waals surface area contributed by atoms with Crippen molar-refractivity contribution in [2.24, 2.45) is 0 Å². The number of hydrogen-bond acceptors (Lipinski definition) is 2. The van der Waals surface area contributed by atoms with Gasteiger partial charge in [-0.25, -0.2) is 0 Å². The Kier molecular flexibility index (Phi) is 3.65. The topological polar surface area (TPSA) is 21.3 Å². The molecule has 0 aliphatic carbocycles. The highest BCUT2D eigenvalue weighted by Gasteiger charge is 2.17. The second-order valence-electron chi connectivity index (χ2n) is 3.89. The Morgan fingerprint density at radius 1 is 1.40 bits per heavy atom. The number of hydrogen-bond donors (Lipinski definition) is 1. The minimum absolute atomic E-state index is 0.499. The maximum atomic E-state index is 5.19. The zero-order valence-electron chi connectivity index (χ0n) is 8.92. The predicted molar refractivity (Wildman–Crippen MR) is 65.3 cm³/mol. The van der Waals surface area contributed by atoms with Crippen LogP contribution in [-0.2, 0) is 0 Å². The number of benzene rings is 1. The Morgan fingerprint density at radius 2 is 2.27 bits per heavy atom. The molecular weight excluding hydrogens is 254 g/mol. The van der Waals surface area contributed by atoms with E-state index in [0.717, 1.165) is 16.8 Å². The van der Waals surface area contributed by atoms with Crippen molar-refractivity contribution >= 4 is 15.9 Å². The molecule has 0 bridgehead atoms. The normalized spacial score (nSPS) is 21.3. The van der Waals surface area contributed by atoms with Crippen molar-refractivity contribution in [1.29, 1.82) is 0 Å². The summed E-state index contributed by atoms with van der Waals surface area (Å²) in [5, 5.41) is 3.54. The lowest BCUT2D eigenvalue weighted by molar-refractivity contribution is 0.405. The van der Waals surface area contributed by atoms with Crippen LogP contribution in [0.5, 0.6) is 5.75 Å². The predicted octanol–water partition coefficient (Wildman–Crippen LogP) is 3.27. The third-order valence-corrected chi connectivity index (χ3v) is 3.58. The molecular formula is C12H16BrNO. The van der Waals surface area contributed by atoms with E-state index in [-0.39, 0.29) is 0 Å². The Balaban J connectivity index is 2.19. The molecule has 1 heterocycles. The maximum absolute atomic E-state index is 5.19. The number of nitrogens with one attached hydrogen (secondary N) is 1. The van der Waals surface area contributed by atoms with Crippen molar-refractivity contribution < 1.29 is 4.74 Å². The number of methoxy groups -OCH3 is 1. The van der Waals surface area contributed by atoms with E-state index >= 15 is 0 Å². The van der Waals surface area contributed by atoms with Crippen molar-refractivity contribution in [3.63, 3.8) is 0 Å². The summed E-state index contributed by atoms with van der Waals surface area (Å²) in [6.45, 7) is 1.13. The zero-order chi connectivity index (χ0) is 10.7. The molecule has 2 rings (SSSR count). The van der Waals surface area contributed by atoms with Crippen LogP contribution < -0.4 is 10.1 Å². The van der Waals surface area contributed by atoms with Crippen molar-refractivity contribution in [2.75, 3.05) is 13.7 Å². The second kappa shape index (κ2) is 4.99. The Hall–Kier alpha value is -0.540. The zero-order valence-corrected chi connectivity index (χ0v) is 10.5. The minimum atomic E-state index is 0.499. The molecule has 1 aliphatic heterocycles. The van der Waals surface area contributed by atoms with Gasteiger partial charge in [0.05, 0.1) is 7.11 Å². The standard InChI is InChI=1S/C12H16BrNO/c1-15-9-5-6-10(11(13)8-9)12-4-2-3-7-14-12/h5-6,8,12,14H,2-4,7H2,1H3. The first-order chi connectivity index (χ1) is 7.31. The van der Waals surface area contributed by atoms with E-state index in [1.807, 2.05) is 12.1 Å². The van der Waals surface area contributed by atoms with Crippen LogP contribution in [0.4, 0.5) is 0 Å². The molecule has 3 heteroatoms. The van der Waals surface area contributed by atoms with Gasteiger partial charge in [-0.1, -0.05) is 28.4 Å². The average molecular weight is 270 g/mol. The summed E-state index contributed by atoms with van der Waals surface area (Å²) in [6.07, 6.45) is 3.84. The van der Waals surface area contributed by atoms with Gasteiger partial charge in [0.2, 0.25) is 0 Å². The van der Waals surface area contributed by atoms with Gasteiger partial charge in [-0.3, -0.25) is 0 Å². The molecule has 1 fully saturated rings. The number of ether oxygens (including phenoxy) is 1. The molecule has 1 unspecified atom stereocenters. The van der Waals surface area contributed by atoms with Gasteiger partial charge in [-0.2, -0.15) is 0 Å². The van der Waals surface area contributed by atoms with Crippen molar-refractivity contribution in [1.82, 2.24) is 5.32 Å². The lowest BCUT2D eigenvalue weighted by Crippen LogP contribution is -2.26. The summed E-state index contributed by atoms with van der Waals surface area (Å²) in [5.41, 5.74) is 1.34. The molecule has 1 saturated heterocycles. The van der Waals surface area contributed by atoms with Crippen LogP contribution in [0.3, 0.4) is 0 Å². The fourth-order valence-electron chi connectivity index (χ4n) is 2.03. The fourth-order valence-corrected chi connectivity index (χ4v) is 2.67. The van der Waals surface area contributed by atoms with E-state index in [1.54, 1.807) is 7.11 Å². The Labute approximate surface area is 99.1 Å². The molecule has 15 heavy (non-hydrogen) atoms. The van der Waals surface area contributed by atoms with Crippen LogP contribution in [0, 0.1) is 0 Å². The van der Waals surface area contributed by atoms with E-state index in [1.165, 1.54) is 24.8 Å². The van der Waals surface area contributed by atoms with Crippen molar-refractivity contribution in [2.45, 2.75) is 25.3 Å². The van der Waals surface area contributed by atoms with Gasteiger partial charge < -0.3 is 10.1 Å². The van der Waals surface area contributed by atoms with Gasteiger partial charge >= 0.3 is 0 Å². The summed E-state index contributed by atoms with van der Waals surface area (Å²) < 4.78 is 6.33. The largest absolute Gasteiger partial charge is 0.497 e. The van der Waals surface area contributed by atoms with E-state index in [9.17, 15) is 0 Å². The van der Waals surface area contributed by atoms with Gasteiger partial charge in [-0.15, -0.1) is 0 Å². The summed E-state index contributed by atoms with van der Waals surface area (Å²) >= 11 is 3.60. The van der Waals surface area contributed by atoms with E-state index in [2.05, 4.69) is 27.3 Å². The summed E-state index contributed by atoms with van der Waals surface area (Å²) in [5.74, 6) is 0.904. The molecule has 0 radical (unpaired) electrons.